The standard InChI is InChI=1S/C13H11N3/c1-2-11-13(9-7-14-15-8-9)10-5-3-4-6-12(10)16-11/h2-8,16H,1H2,(H,14,15). The molecule has 0 amide bonds. The summed E-state index contributed by atoms with van der Waals surface area (Å²) in [6.07, 6.45) is 5.55. The van der Waals surface area contributed by atoms with E-state index in [4.69, 9.17) is 0 Å². The SMILES string of the molecule is C=Cc1[nH]c2ccccc2c1-c1cn[nH]c1. The molecule has 78 valence electrons. The number of nitrogens with one attached hydrogen (secondary N) is 2. The molecule has 0 unspecified atom stereocenters. The Labute approximate surface area is 92.8 Å². The van der Waals surface area contributed by atoms with Gasteiger partial charge in [-0.15, -0.1) is 0 Å². The molecule has 3 rings (SSSR count). The first-order chi connectivity index (χ1) is 7.90. The second kappa shape index (κ2) is 3.38. The van der Waals surface area contributed by atoms with Crippen LogP contribution in [0.3, 0.4) is 0 Å². The van der Waals surface area contributed by atoms with Gasteiger partial charge in [0.1, 0.15) is 0 Å². The third-order valence-corrected chi connectivity index (χ3v) is 2.73. The number of rotatable bonds is 2. The fourth-order valence-corrected chi connectivity index (χ4v) is 2.01. The van der Waals surface area contributed by atoms with Crippen molar-refractivity contribution in [2.24, 2.45) is 0 Å². The smallest absolute Gasteiger partial charge is 0.0566 e. The van der Waals surface area contributed by atoms with E-state index in [0.29, 0.717) is 0 Å². The van der Waals surface area contributed by atoms with Crippen LogP contribution in [0.2, 0.25) is 0 Å². The number of aromatic nitrogens is 3. The maximum atomic E-state index is 3.99. The molecule has 2 aromatic heterocycles. The average molecular weight is 209 g/mol. The first-order valence-electron chi connectivity index (χ1n) is 5.12. The summed E-state index contributed by atoms with van der Waals surface area (Å²) >= 11 is 0. The quantitative estimate of drug-likeness (QED) is 0.668. The second-order valence-electron chi connectivity index (χ2n) is 3.65. The molecule has 0 saturated carbocycles. The number of fused-ring (bicyclic) bond motifs is 1. The molecular formula is C13H11N3. The monoisotopic (exact) mass is 209 g/mol. The molecule has 0 aliphatic carbocycles. The fourth-order valence-electron chi connectivity index (χ4n) is 2.01. The minimum absolute atomic E-state index is 1.03. The molecule has 3 heteroatoms. The molecule has 0 aliphatic rings. The van der Waals surface area contributed by atoms with Crippen LogP contribution in [0, 0.1) is 0 Å². The van der Waals surface area contributed by atoms with Crippen molar-refractivity contribution in [3.8, 4) is 11.1 Å². The summed E-state index contributed by atoms with van der Waals surface area (Å²) in [5, 5.41) is 8.02. The van der Waals surface area contributed by atoms with E-state index in [1.165, 1.54) is 5.39 Å². The Morgan fingerprint density at radius 3 is 2.88 bits per heavy atom. The largest absolute Gasteiger partial charge is 0.355 e. The lowest BCUT2D eigenvalue weighted by Gasteiger charge is -1.96. The Bertz CT molecular complexity index is 632. The van der Waals surface area contributed by atoms with Gasteiger partial charge in [-0.3, -0.25) is 5.10 Å². The maximum absolute atomic E-state index is 3.99. The van der Waals surface area contributed by atoms with E-state index in [9.17, 15) is 0 Å². The van der Waals surface area contributed by atoms with Crippen LogP contribution in [-0.4, -0.2) is 15.2 Å². The van der Waals surface area contributed by atoms with Crippen molar-refractivity contribution in [3.05, 3.63) is 48.9 Å². The zero-order valence-corrected chi connectivity index (χ0v) is 8.70. The van der Waals surface area contributed by atoms with E-state index < -0.39 is 0 Å². The molecule has 0 aliphatic heterocycles. The zero-order chi connectivity index (χ0) is 11.0. The zero-order valence-electron chi connectivity index (χ0n) is 8.70. The number of benzene rings is 1. The first-order valence-corrected chi connectivity index (χ1v) is 5.12. The Hall–Kier alpha value is -2.29. The van der Waals surface area contributed by atoms with Gasteiger partial charge in [0.25, 0.3) is 0 Å². The Kier molecular flexibility index (Phi) is 1.90. The highest BCUT2D eigenvalue weighted by Gasteiger charge is 2.11. The summed E-state index contributed by atoms with van der Waals surface area (Å²) < 4.78 is 0. The molecule has 0 saturated heterocycles. The van der Waals surface area contributed by atoms with Crippen LogP contribution >= 0.6 is 0 Å². The normalized spacial score (nSPS) is 10.8. The minimum Gasteiger partial charge on any atom is -0.355 e. The summed E-state index contributed by atoms with van der Waals surface area (Å²) in [6.45, 7) is 3.83. The van der Waals surface area contributed by atoms with Crippen LogP contribution < -0.4 is 0 Å². The summed E-state index contributed by atoms with van der Waals surface area (Å²) in [4.78, 5) is 3.34. The molecular weight excluding hydrogens is 198 g/mol. The summed E-state index contributed by atoms with van der Waals surface area (Å²) in [5.74, 6) is 0. The third-order valence-electron chi connectivity index (χ3n) is 2.73. The number of aromatic amines is 2. The van der Waals surface area contributed by atoms with E-state index in [1.54, 1.807) is 0 Å². The molecule has 3 aromatic rings. The van der Waals surface area contributed by atoms with Crippen molar-refractivity contribution in [1.29, 1.82) is 0 Å². The summed E-state index contributed by atoms with van der Waals surface area (Å²) in [6, 6.07) is 8.21. The van der Waals surface area contributed by atoms with Gasteiger partial charge in [0.15, 0.2) is 0 Å². The maximum Gasteiger partial charge on any atom is 0.0566 e. The van der Waals surface area contributed by atoms with E-state index in [2.05, 4.69) is 33.9 Å². The molecule has 0 radical (unpaired) electrons. The average Bonchev–Trinajstić information content (AvgIpc) is 2.94. The van der Waals surface area contributed by atoms with Crippen molar-refractivity contribution in [2.45, 2.75) is 0 Å². The molecule has 0 spiro atoms. The van der Waals surface area contributed by atoms with Crippen LogP contribution in [0.1, 0.15) is 5.69 Å². The predicted octanol–water partition coefficient (Wildman–Crippen LogP) is 3.20. The molecule has 2 N–H and O–H groups in total. The van der Waals surface area contributed by atoms with Crippen molar-refractivity contribution in [3.63, 3.8) is 0 Å². The van der Waals surface area contributed by atoms with Crippen molar-refractivity contribution >= 4 is 17.0 Å². The number of hydrogen-bond donors (Lipinski definition) is 2. The molecule has 3 nitrogen and oxygen atoms in total. The van der Waals surface area contributed by atoms with Crippen LogP contribution in [-0.2, 0) is 0 Å². The molecule has 1 aromatic carbocycles. The van der Waals surface area contributed by atoms with E-state index in [0.717, 1.165) is 22.3 Å². The molecule has 0 bridgehead atoms. The molecule has 0 fully saturated rings. The van der Waals surface area contributed by atoms with Gasteiger partial charge in [-0.25, -0.2) is 0 Å². The summed E-state index contributed by atoms with van der Waals surface area (Å²) in [7, 11) is 0. The van der Waals surface area contributed by atoms with Crippen molar-refractivity contribution in [2.75, 3.05) is 0 Å². The van der Waals surface area contributed by atoms with Crippen molar-refractivity contribution in [1.82, 2.24) is 15.2 Å². The van der Waals surface area contributed by atoms with Crippen LogP contribution in [0.4, 0.5) is 0 Å². The lowest BCUT2D eigenvalue weighted by molar-refractivity contribution is 1.09. The van der Waals surface area contributed by atoms with Crippen LogP contribution in [0.5, 0.6) is 0 Å². The van der Waals surface area contributed by atoms with Crippen LogP contribution in [0.25, 0.3) is 28.1 Å². The van der Waals surface area contributed by atoms with Gasteiger partial charge < -0.3 is 4.98 Å². The van der Waals surface area contributed by atoms with Gasteiger partial charge in [-0.05, 0) is 12.1 Å². The first kappa shape index (κ1) is 8.97. The van der Waals surface area contributed by atoms with Gasteiger partial charge in [0.2, 0.25) is 0 Å². The van der Waals surface area contributed by atoms with Gasteiger partial charge in [0, 0.05) is 33.9 Å². The number of nitrogens with zero attached hydrogens (tertiary/aromatic N) is 1. The third kappa shape index (κ3) is 1.18. The topological polar surface area (TPSA) is 44.5 Å². The lowest BCUT2D eigenvalue weighted by Crippen LogP contribution is -1.75. The molecule has 2 heterocycles. The number of para-hydroxylation sites is 1. The number of hydrogen-bond acceptors (Lipinski definition) is 1. The fraction of sp³-hybridized carbons (Fsp3) is 0. The van der Waals surface area contributed by atoms with Gasteiger partial charge in [-0.2, -0.15) is 5.10 Å². The minimum atomic E-state index is 1.03. The van der Waals surface area contributed by atoms with Gasteiger partial charge in [-0.1, -0.05) is 24.8 Å². The molecule has 16 heavy (non-hydrogen) atoms. The van der Waals surface area contributed by atoms with Crippen molar-refractivity contribution < 1.29 is 0 Å². The molecule has 0 atom stereocenters. The van der Waals surface area contributed by atoms with E-state index in [1.807, 2.05) is 30.6 Å². The highest BCUT2D eigenvalue weighted by molar-refractivity contribution is 5.99. The lowest BCUT2D eigenvalue weighted by atomic mass is 10.1. The van der Waals surface area contributed by atoms with Gasteiger partial charge >= 0.3 is 0 Å². The van der Waals surface area contributed by atoms with E-state index >= 15 is 0 Å². The summed E-state index contributed by atoms with van der Waals surface area (Å²) in [5.41, 5.74) is 4.38. The van der Waals surface area contributed by atoms with E-state index in [-0.39, 0.29) is 0 Å². The Balaban J connectivity index is 2.40. The number of H-pyrrole nitrogens is 2. The second-order valence-corrected chi connectivity index (χ2v) is 3.65. The highest BCUT2D eigenvalue weighted by atomic mass is 15.1. The predicted molar refractivity (Wildman–Crippen MR) is 66.0 cm³/mol. The van der Waals surface area contributed by atoms with Crippen LogP contribution in [0.15, 0.2) is 43.2 Å². The highest BCUT2D eigenvalue weighted by Crippen LogP contribution is 2.32. The Morgan fingerprint density at radius 1 is 1.25 bits per heavy atom. The van der Waals surface area contributed by atoms with Gasteiger partial charge in [0.05, 0.1) is 6.20 Å². The Morgan fingerprint density at radius 2 is 2.12 bits per heavy atom.